The first-order valence-electron chi connectivity index (χ1n) is 7.28. The smallest absolute Gasteiger partial charge is 0.223 e. The zero-order valence-corrected chi connectivity index (χ0v) is 13.7. The Hall–Kier alpha value is -2.19. The molecule has 2 N–H and O–H groups in total. The average Bonchev–Trinajstić information content (AvgIpc) is 3.10. The number of hydrogen-bond acceptors (Lipinski definition) is 7. The molecule has 0 spiro atoms. The van der Waals surface area contributed by atoms with Crippen molar-refractivity contribution in [1.29, 1.82) is 0 Å². The molecule has 1 aromatic carbocycles. The maximum Gasteiger partial charge on any atom is 0.223 e. The molecule has 0 radical (unpaired) electrons. The Morgan fingerprint density at radius 3 is 3.00 bits per heavy atom. The first-order valence-corrected chi connectivity index (χ1v) is 9.08. The van der Waals surface area contributed by atoms with Crippen molar-refractivity contribution in [3.63, 3.8) is 0 Å². The first kappa shape index (κ1) is 13.3. The second-order valence-corrected chi connectivity index (χ2v) is 7.56. The molecule has 0 unspecified atom stereocenters. The van der Waals surface area contributed by atoms with Crippen molar-refractivity contribution in [2.75, 3.05) is 11.5 Å². The van der Waals surface area contributed by atoms with Gasteiger partial charge in [0, 0.05) is 12.2 Å². The molecule has 0 saturated heterocycles. The number of aryl methyl sites for hydroxylation is 1. The highest BCUT2D eigenvalue weighted by atomic mass is 32.2. The summed E-state index contributed by atoms with van der Waals surface area (Å²) in [5, 5.41) is 7.76. The quantitative estimate of drug-likeness (QED) is 0.565. The summed E-state index contributed by atoms with van der Waals surface area (Å²) in [6.45, 7) is 0.608. The number of fused-ring (bicyclic) bond motifs is 1. The normalized spacial score (nSPS) is 13.9. The highest BCUT2D eigenvalue weighted by Gasteiger charge is 2.22. The van der Waals surface area contributed by atoms with Crippen LogP contribution in [-0.2, 0) is 13.0 Å². The maximum absolute atomic E-state index is 5.87. The van der Waals surface area contributed by atoms with Crippen molar-refractivity contribution in [1.82, 2.24) is 24.7 Å². The van der Waals surface area contributed by atoms with Crippen LogP contribution in [0.1, 0.15) is 10.7 Å². The number of nitrogens with zero attached hydrogens (tertiary/aromatic N) is 5. The SMILES string of the molecule is Nc1nc2c3c(nn(Cc4nc5ccccc5s4)c3n1)CCS2. The Labute approximate surface area is 139 Å². The Morgan fingerprint density at radius 1 is 1.17 bits per heavy atom. The molecule has 3 aromatic heterocycles. The minimum Gasteiger partial charge on any atom is -0.368 e. The lowest BCUT2D eigenvalue weighted by Gasteiger charge is -2.08. The molecule has 1 aliphatic heterocycles. The van der Waals surface area contributed by atoms with Gasteiger partial charge in [-0.25, -0.2) is 14.6 Å². The highest BCUT2D eigenvalue weighted by Crippen LogP contribution is 2.34. The first-order chi connectivity index (χ1) is 11.3. The summed E-state index contributed by atoms with van der Waals surface area (Å²) in [4.78, 5) is 13.5. The van der Waals surface area contributed by atoms with E-state index in [2.05, 4.69) is 21.0 Å². The van der Waals surface area contributed by atoms with E-state index < -0.39 is 0 Å². The minimum atomic E-state index is 0.305. The lowest BCUT2D eigenvalue weighted by Crippen LogP contribution is -2.04. The monoisotopic (exact) mass is 340 g/mol. The summed E-state index contributed by atoms with van der Waals surface area (Å²) >= 11 is 3.41. The van der Waals surface area contributed by atoms with Gasteiger partial charge in [-0.1, -0.05) is 12.1 Å². The number of thioether (sulfide) groups is 1. The number of aromatic nitrogens is 5. The van der Waals surface area contributed by atoms with Crippen molar-refractivity contribution in [2.24, 2.45) is 0 Å². The molecule has 0 aliphatic carbocycles. The lowest BCUT2D eigenvalue weighted by atomic mass is 10.2. The summed E-state index contributed by atoms with van der Waals surface area (Å²) in [5.41, 5.74) is 8.77. The van der Waals surface area contributed by atoms with Gasteiger partial charge in [0.2, 0.25) is 5.95 Å². The molecule has 4 aromatic rings. The molecule has 8 heteroatoms. The van der Waals surface area contributed by atoms with Crippen LogP contribution in [0.4, 0.5) is 5.95 Å². The number of rotatable bonds is 2. The number of thiazole rings is 1. The van der Waals surface area contributed by atoms with Crippen LogP contribution < -0.4 is 5.73 Å². The van der Waals surface area contributed by atoms with Gasteiger partial charge < -0.3 is 5.73 Å². The van der Waals surface area contributed by atoms with Gasteiger partial charge in [-0.2, -0.15) is 10.1 Å². The van der Waals surface area contributed by atoms with Gasteiger partial charge in [0.1, 0.15) is 10.0 Å². The predicted molar refractivity (Wildman–Crippen MR) is 92.9 cm³/mol. The largest absolute Gasteiger partial charge is 0.368 e. The van der Waals surface area contributed by atoms with E-state index in [1.54, 1.807) is 23.1 Å². The number of anilines is 1. The van der Waals surface area contributed by atoms with Crippen LogP contribution in [-0.4, -0.2) is 30.5 Å². The third-order valence-electron chi connectivity index (χ3n) is 3.85. The molecule has 0 bridgehead atoms. The van der Waals surface area contributed by atoms with Gasteiger partial charge in [-0.15, -0.1) is 23.1 Å². The van der Waals surface area contributed by atoms with E-state index in [-0.39, 0.29) is 0 Å². The van der Waals surface area contributed by atoms with Gasteiger partial charge in [0.05, 0.1) is 27.8 Å². The maximum atomic E-state index is 5.87. The fraction of sp³-hybridized carbons (Fsp3) is 0.200. The topological polar surface area (TPSA) is 82.5 Å². The van der Waals surface area contributed by atoms with Crippen molar-refractivity contribution in [3.05, 3.63) is 35.0 Å². The van der Waals surface area contributed by atoms with Gasteiger partial charge in [0.25, 0.3) is 0 Å². The second-order valence-electron chi connectivity index (χ2n) is 5.36. The molecule has 0 amide bonds. The zero-order chi connectivity index (χ0) is 15.4. The Kier molecular flexibility index (Phi) is 2.83. The van der Waals surface area contributed by atoms with Gasteiger partial charge in [0.15, 0.2) is 5.65 Å². The molecule has 114 valence electrons. The summed E-state index contributed by atoms with van der Waals surface area (Å²) in [6, 6.07) is 8.16. The summed E-state index contributed by atoms with van der Waals surface area (Å²) < 4.78 is 3.10. The number of benzene rings is 1. The van der Waals surface area contributed by atoms with E-state index in [9.17, 15) is 0 Å². The van der Waals surface area contributed by atoms with E-state index in [1.807, 2.05) is 22.9 Å². The molecule has 0 fully saturated rings. The third kappa shape index (κ3) is 2.09. The molecule has 23 heavy (non-hydrogen) atoms. The molecular formula is C15H12N6S2. The molecule has 0 saturated carbocycles. The van der Waals surface area contributed by atoms with Gasteiger partial charge >= 0.3 is 0 Å². The zero-order valence-electron chi connectivity index (χ0n) is 12.1. The average molecular weight is 340 g/mol. The molecule has 1 aliphatic rings. The summed E-state index contributed by atoms with van der Waals surface area (Å²) in [5.74, 6) is 1.29. The van der Waals surface area contributed by atoms with E-state index in [4.69, 9.17) is 10.8 Å². The van der Waals surface area contributed by atoms with Crippen molar-refractivity contribution >= 4 is 50.3 Å². The van der Waals surface area contributed by atoms with Gasteiger partial charge in [-0.3, -0.25) is 0 Å². The van der Waals surface area contributed by atoms with Crippen molar-refractivity contribution in [3.8, 4) is 0 Å². The van der Waals surface area contributed by atoms with Crippen LogP contribution in [0.15, 0.2) is 29.3 Å². The predicted octanol–water partition coefficient (Wildman–Crippen LogP) is 2.71. The van der Waals surface area contributed by atoms with Crippen molar-refractivity contribution in [2.45, 2.75) is 18.0 Å². The minimum absolute atomic E-state index is 0.305. The van der Waals surface area contributed by atoms with E-state index >= 15 is 0 Å². The summed E-state index contributed by atoms with van der Waals surface area (Å²) in [6.07, 6.45) is 0.939. The molecule has 5 rings (SSSR count). The molecule has 4 heterocycles. The standard InChI is InChI=1S/C15H12N6S2/c16-15-18-13-12-9(5-6-22-14(12)19-15)20-21(13)7-11-17-8-3-1-2-4-10(8)23-11/h1-4H,5-7H2,(H2,16,18,19). The van der Waals surface area contributed by atoms with Crippen LogP contribution >= 0.6 is 23.1 Å². The highest BCUT2D eigenvalue weighted by molar-refractivity contribution is 7.99. The number of para-hydroxylation sites is 1. The fourth-order valence-electron chi connectivity index (χ4n) is 2.88. The Bertz CT molecular complexity index is 1020. The van der Waals surface area contributed by atoms with Crippen LogP contribution in [0.3, 0.4) is 0 Å². The number of hydrogen-bond donors (Lipinski definition) is 1. The van der Waals surface area contributed by atoms with Crippen LogP contribution in [0.2, 0.25) is 0 Å². The van der Waals surface area contributed by atoms with Crippen molar-refractivity contribution < 1.29 is 0 Å². The van der Waals surface area contributed by atoms with E-state index in [1.165, 1.54) is 4.70 Å². The fourth-order valence-corrected chi connectivity index (χ4v) is 4.83. The number of nitrogen functional groups attached to an aromatic ring is 1. The van der Waals surface area contributed by atoms with Crippen LogP contribution in [0, 0.1) is 0 Å². The Balaban J connectivity index is 1.65. The molecule has 0 atom stereocenters. The number of nitrogens with two attached hydrogens (primary N) is 1. The van der Waals surface area contributed by atoms with Crippen LogP contribution in [0.5, 0.6) is 0 Å². The van der Waals surface area contributed by atoms with E-state index in [0.717, 1.165) is 44.5 Å². The van der Waals surface area contributed by atoms with Crippen LogP contribution in [0.25, 0.3) is 21.3 Å². The molecule has 6 nitrogen and oxygen atoms in total. The summed E-state index contributed by atoms with van der Waals surface area (Å²) in [7, 11) is 0. The Morgan fingerprint density at radius 2 is 2.09 bits per heavy atom. The second kappa shape index (κ2) is 4.90. The van der Waals surface area contributed by atoms with Gasteiger partial charge in [-0.05, 0) is 12.1 Å². The lowest BCUT2D eigenvalue weighted by molar-refractivity contribution is 0.687. The van der Waals surface area contributed by atoms with E-state index in [0.29, 0.717) is 12.5 Å². The third-order valence-corrected chi connectivity index (χ3v) is 5.85. The molecular weight excluding hydrogens is 328 g/mol.